The molecule has 0 bridgehead atoms. The van der Waals surface area contributed by atoms with Crippen LogP contribution in [0.2, 0.25) is 0 Å². The monoisotopic (exact) mass is 903 g/mol. The number of aryl methyl sites for hydroxylation is 3. The van der Waals surface area contributed by atoms with Crippen molar-refractivity contribution in [2.45, 2.75) is 80.1 Å². The first-order chi connectivity index (χ1) is 25.9. The Bertz CT molecular complexity index is 2670. The topological polar surface area (TPSA) is 38.9 Å². The van der Waals surface area contributed by atoms with Gasteiger partial charge in [0.1, 0.15) is 11.4 Å². The van der Waals surface area contributed by atoms with Crippen LogP contribution in [-0.4, -0.2) is 9.97 Å². The van der Waals surface area contributed by atoms with E-state index in [9.17, 15) is 0 Å². The van der Waals surface area contributed by atoms with Gasteiger partial charge in [-0.1, -0.05) is 108 Å². The molecule has 1 fully saturated rings. The van der Waals surface area contributed by atoms with E-state index in [2.05, 4.69) is 112 Å². The molecule has 3 nitrogen and oxygen atoms in total. The quantitative estimate of drug-likeness (QED) is 0.162. The molecule has 0 spiro atoms. The van der Waals surface area contributed by atoms with Crippen molar-refractivity contribution in [1.82, 2.24) is 9.97 Å². The van der Waals surface area contributed by atoms with E-state index in [1.807, 2.05) is 43.5 Å². The molecule has 0 saturated heterocycles. The number of rotatable bonds is 5. The van der Waals surface area contributed by atoms with Gasteiger partial charge in [-0.05, 0) is 99.8 Å². The number of fused-ring (bicyclic) bond motifs is 5. The Hall–Kier alpha value is -4.70. The van der Waals surface area contributed by atoms with E-state index in [0.717, 1.165) is 55.3 Å². The third kappa shape index (κ3) is 7.75. The molecule has 281 valence electrons. The largest absolute Gasteiger partial charge is 0.501 e. The van der Waals surface area contributed by atoms with Crippen molar-refractivity contribution in [1.29, 1.82) is 0 Å². The number of halogens is 1. The van der Waals surface area contributed by atoms with Crippen LogP contribution in [0.3, 0.4) is 0 Å². The second-order valence-electron chi connectivity index (χ2n) is 16.6. The molecule has 0 N–H and O–H groups in total. The number of furan rings is 1. The number of nitrogens with zero attached hydrogens (tertiary/aromatic N) is 2. The fourth-order valence-corrected chi connectivity index (χ4v) is 8.54. The van der Waals surface area contributed by atoms with Crippen LogP contribution in [0.5, 0.6) is 0 Å². The predicted molar refractivity (Wildman–Crippen MR) is 222 cm³/mol. The van der Waals surface area contributed by atoms with E-state index in [1.54, 1.807) is 12.3 Å². The molecule has 1 aliphatic carbocycles. The molecule has 5 heteroatoms. The van der Waals surface area contributed by atoms with Crippen LogP contribution in [0.15, 0.2) is 102 Å². The van der Waals surface area contributed by atoms with Gasteiger partial charge in [-0.3, -0.25) is 0 Å². The van der Waals surface area contributed by atoms with E-state index < -0.39 is 0 Å². The van der Waals surface area contributed by atoms with Gasteiger partial charge in [0.25, 0.3) is 0 Å². The second-order valence-corrected chi connectivity index (χ2v) is 16.6. The molecule has 5 aromatic carbocycles. The third-order valence-electron chi connectivity index (χ3n) is 11.0. The van der Waals surface area contributed by atoms with Crippen molar-refractivity contribution in [3.63, 3.8) is 0 Å². The molecule has 8 aromatic rings. The van der Waals surface area contributed by atoms with Gasteiger partial charge in [0.2, 0.25) is 0 Å². The van der Waals surface area contributed by atoms with Crippen molar-refractivity contribution < 1.29 is 28.9 Å². The van der Waals surface area contributed by atoms with Crippen LogP contribution in [-0.2, 0) is 26.5 Å². The first-order valence-electron chi connectivity index (χ1n) is 19.2. The third-order valence-corrected chi connectivity index (χ3v) is 11.0. The van der Waals surface area contributed by atoms with Crippen LogP contribution in [0, 0.1) is 50.1 Å². The molecule has 3 aromatic heterocycles. The van der Waals surface area contributed by atoms with Gasteiger partial charge in [-0.15, -0.1) is 52.6 Å². The summed E-state index contributed by atoms with van der Waals surface area (Å²) in [5, 5.41) is 5.98. The Morgan fingerprint density at radius 1 is 0.782 bits per heavy atom. The zero-order valence-electron chi connectivity index (χ0n) is 32.7. The number of hydrogen-bond acceptors (Lipinski definition) is 3. The summed E-state index contributed by atoms with van der Waals surface area (Å²) in [6, 6.07) is 36.0. The minimum absolute atomic E-state index is 0. The molecular formula is C50H47FIrN2O-2. The molecule has 1 unspecified atom stereocenters. The fourth-order valence-electron chi connectivity index (χ4n) is 8.54. The molecule has 1 radical (unpaired) electrons. The van der Waals surface area contributed by atoms with Crippen molar-refractivity contribution in [2.24, 2.45) is 11.3 Å². The summed E-state index contributed by atoms with van der Waals surface area (Å²) in [4.78, 5) is 9.29. The number of pyridine rings is 2. The van der Waals surface area contributed by atoms with Gasteiger partial charge in [-0.2, -0.15) is 0 Å². The molecule has 0 aliphatic heterocycles. The molecule has 9 rings (SSSR count). The molecule has 1 aliphatic rings. The summed E-state index contributed by atoms with van der Waals surface area (Å²) < 4.78 is 21.4. The summed E-state index contributed by atoms with van der Waals surface area (Å²) in [5.74, 6) is 0.931. The molecule has 0 amide bonds. The minimum Gasteiger partial charge on any atom is -0.501 e. The number of benzene rings is 5. The minimum atomic E-state index is -0.159. The summed E-state index contributed by atoms with van der Waals surface area (Å²) >= 11 is 0. The van der Waals surface area contributed by atoms with E-state index in [0.29, 0.717) is 34.8 Å². The normalized spacial score (nSPS) is 15.1. The maximum Gasteiger partial charge on any atom is 0.133 e. The van der Waals surface area contributed by atoms with E-state index in [4.69, 9.17) is 4.42 Å². The van der Waals surface area contributed by atoms with Crippen LogP contribution in [0.25, 0.3) is 66.0 Å². The van der Waals surface area contributed by atoms with Gasteiger partial charge < -0.3 is 14.4 Å². The maximum atomic E-state index is 15.2. The average Bonchev–Trinajstić information content (AvgIpc) is 3.71. The van der Waals surface area contributed by atoms with E-state index in [-0.39, 0.29) is 25.9 Å². The summed E-state index contributed by atoms with van der Waals surface area (Å²) in [5.41, 5.74) is 11.3. The summed E-state index contributed by atoms with van der Waals surface area (Å²) in [6.45, 7) is 15.2. The molecular weight excluding hydrogens is 856 g/mol. The van der Waals surface area contributed by atoms with Gasteiger partial charge in [0.15, 0.2) is 0 Å². The van der Waals surface area contributed by atoms with Crippen LogP contribution in [0.4, 0.5) is 4.39 Å². The Balaban J connectivity index is 0.000000168. The van der Waals surface area contributed by atoms with Crippen molar-refractivity contribution >= 4 is 43.5 Å². The Morgan fingerprint density at radius 3 is 2.29 bits per heavy atom. The molecule has 1 atom stereocenters. The van der Waals surface area contributed by atoms with Crippen LogP contribution < -0.4 is 0 Å². The second kappa shape index (κ2) is 15.4. The van der Waals surface area contributed by atoms with Gasteiger partial charge in [0.05, 0.1) is 5.58 Å². The standard InChI is InChI=1S/C26H21FNO.C24H26N.Ir/c1-15(2)12-17-8-9-20-19(24(17)27)10-11-28-25(20)22-14-16(3)13-21-18-6-4-5-7-23(18)29-26(21)22;1-16-11-17(2)13-21(12-16)23-22-6-5-18(14-19(22)8-10-25-23)20-7-9-24(3,4)15-20;/h4-11,13,15H,12H2,1-3H3;5-6,8,10-12,14,20H,7,9,15H2,1-4H3;/q2*-1;. The average molecular weight is 903 g/mol. The van der Waals surface area contributed by atoms with Crippen LogP contribution >= 0.6 is 0 Å². The van der Waals surface area contributed by atoms with E-state index >= 15 is 4.39 Å². The zero-order chi connectivity index (χ0) is 37.7. The first-order valence-corrected chi connectivity index (χ1v) is 19.2. The SMILES string of the molecule is Cc1[c-]c(-c2nccc3c(F)c(CC(C)C)ccc23)c2oc3ccccc3c2c1.Cc1[c-]c(-c2nccc3cc(C4CCC(C)(C)C4)ccc23)cc(C)c1.[Ir]. The number of hydrogen-bond donors (Lipinski definition) is 0. The first kappa shape index (κ1) is 38.6. The fraction of sp³-hybridized carbons (Fsp3) is 0.280. The van der Waals surface area contributed by atoms with Gasteiger partial charge in [-0.25, -0.2) is 4.39 Å². The summed E-state index contributed by atoms with van der Waals surface area (Å²) in [6.07, 6.45) is 8.25. The number of aromatic nitrogens is 2. The predicted octanol–water partition coefficient (Wildman–Crippen LogP) is 13.9. The van der Waals surface area contributed by atoms with E-state index in [1.165, 1.54) is 46.7 Å². The van der Waals surface area contributed by atoms with Gasteiger partial charge in [0, 0.05) is 43.3 Å². The van der Waals surface area contributed by atoms with Crippen molar-refractivity contribution in [2.75, 3.05) is 0 Å². The van der Waals surface area contributed by atoms with Crippen molar-refractivity contribution in [3.8, 4) is 22.5 Å². The molecule has 3 heterocycles. The zero-order valence-corrected chi connectivity index (χ0v) is 35.1. The van der Waals surface area contributed by atoms with Crippen LogP contribution in [0.1, 0.15) is 80.7 Å². The van der Waals surface area contributed by atoms with Gasteiger partial charge >= 0.3 is 0 Å². The molecule has 1 saturated carbocycles. The smallest absolute Gasteiger partial charge is 0.133 e. The maximum absolute atomic E-state index is 15.2. The Kier molecular flexibility index (Phi) is 10.8. The number of para-hydroxylation sites is 1. The van der Waals surface area contributed by atoms with Crippen molar-refractivity contribution in [3.05, 3.63) is 143 Å². The molecule has 55 heavy (non-hydrogen) atoms. The Labute approximate surface area is 337 Å². The Morgan fingerprint density at radius 2 is 1.53 bits per heavy atom. The summed E-state index contributed by atoms with van der Waals surface area (Å²) in [7, 11) is 0.